The maximum atomic E-state index is 14.6. The molecule has 0 spiro atoms. The highest BCUT2D eigenvalue weighted by Gasteiger charge is 2.42. The van der Waals surface area contributed by atoms with E-state index in [1.54, 1.807) is 24.3 Å². The summed E-state index contributed by atoms with van der Waals surface area (Å²) in [6.45, 7) is 2.20. The molecular weight excluding hydrogens is 384 g/mol. The van der Waals surface area contributed by atoms with E-state index < -0.39 is 5.82 Å². The summed E-state index contributed by atoms with van der Waals surface area (Å²) in [7, 11) is 0. The number of hydrogen-bond acceptors (Lipinski definition) is 3. The van der Waals surface area contributed by atoms with E-state index in [4.69, 9.17) is 40.2 Å². The van der Waals surface area contributed by atoms with Crippen LogP contribution in [0.15, 0.2) is 30.5 Å². The van der Waals surface area contributed by atoms with Crippen LogP contribution in [-0.4, -0.2) is 22.7 Å². The second kappa shape index (κ2) is 7.72. The second-order valence-electron chi connectivity index (χ2n) is 5.61. The van der Waals surface area contributed by atoms with Crippen molar-refractivity contribution in [3.05, 3.63) is 51.9 Å². The van der Waals surface area contributed by atoms with E-state index in [0.29, 0.717) is 33.1 Å². The molecule has 1 saturated carbocycles. The monoisotopic (exact) mass is 399 g/mol. The number of benzene rings is 1. The van der Waals surface area contributed by atoms with Gasteiger partial charge in [0.1, 0.15) is 5.82 Å². The van der Waals surface area contributed by atoms with Crippen molar-refractivity contribution < 1.29 is 9.13 Å². The summed E-state index contributed by atoms with van der Waals surface area (Å²) in [6, 6.07) is 6.66. The molecule has 1 aromatic carbocycles. The summed E-state index contributed by atoms with van der Waals surface area (Å²) in [5.74, 6) is 0.355. The second-order valence-corrected chi connectivity index (χ2v) is 6.87. The molecule has 1 aromatic heterocycles. The maximum Gasteiger partial charge on any atom is 0.172 e. The van der Waals surface area contributed by atoms with Gasteiger partial charge in [0.15, 0.2) is 16.7 Å². The first kappa shape index (κ1) is 18.2. The lowest BCUT2D eigenvalue weighted by Gasteiger charge is -2.12. The Morgan fingerprint density at radius 3 is 2.84 bits per heavy atom. The minimum atomic E-state index is -0.401. The number of halogens is 3. The third-order valence-corrected chi connectivity index (χ3v) is 4.61. The third-order valence-electron chi connectivity index (χ3n) is 3.84. The Balaban J connectivity index is 1.64. The Kier molecular flexibility index (Phi) is 5.61. The van der Waals surface area contributed by atoms with Gasteiger partial charge in [-0.3, -0.25) is 0 Å². The molecule has 0 bridgehead atoms. The van der Waals surface area contributed by atoms with Gasteiger partial charge >= 0.3 is 0 Å². The zero-order chi connectivity index (χ0) is 18.0. The van der Waals surface area contributed by atoms with Crippen molar-refractivity contribution in [1.82, 2.24) is 10.3 Å². The number of aromatic nitrogens is 1. The van der Waals surface area contributed by atoms with Crippen LogP contribution in [0.25, 0.3) is 0 Å². The lowest BCUT2D eigenvalue weighted by atomic mass is 10.1. The molecule has 3 rings (SSSR count). The molecule has 0 unspecified atom stereocenters. The molecular formula is C17H16Cl2FN3OS. The molecule has 4 nitrogen and oxygen atoms in total. The van der Waals surface area contributed by atoms with E-state index in [9.17, 15) is 4.39 Å². The molecule has 0 radical (unpaired) electrons. The van der Waals surface area contributed by atoms with E-state index in [1.165, 1.54) is 6.20 Å². The fraction of sp³-hybridized carbons (Fsp3) is 0.294. The van der Waals surface area contributed by atoms with E-state index in [0.717, 1.165) is 6.42 Å². The predicted octanol–water partition coefficient (Wildman–Crippen LogP) is 4.77. The van der Waals surface area contributed by atoms with E-state index in [1.807, 2.05) is 6.92 Å². The van der Waals surface area contributed by atoms with Gasteiger partial charge in [-0.25, -0.2) is 9.37 Å². The number of ether oxygens (including phenoxy) is 1. The van der Waals surface area contributed by atoms with Crippen molar-refractivity contribution in [2.24, 2.45) is 0 Å². The number of nitrogens with zero attached hydrogens (tertiary/aromatic N) is 1. The smallest absolute Gasteiger partial charge is 0.172 e. The highest BCUT2D eigenvalue weighted by molar-refractivity contribution is 7.80. The number of pyridine rings is 1. The quantitative estimate of drug-likeness (QED) is 0.709. The SMILES string of the molecule is CCOc1ccc(Cl)c([C@H]2C[C@H]2NC(=S)Nc2ccc(Cl)cn2)c1F. The van der Waals surface area contributed by atoms with Crippen LogP contribution in [0.3, 0.4) is 0 Å². The third kappa shape index (κ3) is 4.32. The summed E-state index contributed by atoms with van der Waals surface area (Å²) < 4.78 is 19.9. The molecule has 8 heteroatoms. The Morgan fingerprint density at radius 2 is 2.16 bits per heavy atom. The summed E-state index contributed by atoms with van der Waals surface area (Å²) in [5, 5.41) is 7.49. The van der Waals surface area contributed by atoms with Gasteiger partial charge in [-0.1, -0.05) is 23.2 Å². The first-order chi connectivity index (χ1) is 12.0. The predicted molar refractivity (Wildman–Crippen MR) is 102 cm³/mol. The van der Waals surface area contributed by atoms with Gasteiger partial charge in [-0.15, -0.1) is 0 Å². The summed E-state index contributed by atoms with van der Waals surface area (Å²) in [5.41, 5.74) is 0.470. The van der Waals surface area contributed by atoms with Crippen LogP contribution < -0.4 is 15.4 Å². The number of hydrogen-bond donors (Lipinski definition) is 2. The molecule has 0 amide bonds. The number of anilines is 1. The molecule has 0 saturated heterocycles. The van der Waals surface area contributed by atoms with E-state index in [2.05, 4.69) is 15.6 Å². The van der Waals surface area contributed by atoms with Crippen LogP contribution in [0.1, 0.15) is 24.8 Å². The molecule has 2 atom stereocenters. The largest absolute Gasteiger partial charge is 0.491 e. The topological polar surface area (TPSA) is 46.2 Å². The summed E-state index contributed by atoms with van der Waals surface area (Å²) in [4.78, 5) is 4.12. The Labute approximate surface area is 160 Å². The Morgan fingerprint density at radius 1 is 1.36 bits per heavy atom. The molecule has 132 valence electrons. The van der Waals surface area contributed by atoms with Crippen LogP contribution >= 0.6 is 35.4 Å². The van der Waals surface area contributed by atoms with Crippen molar-refractivity contribution in [3.8, 4) is 5.75 Å². The van der Waals surface area contributed by atoms with Gasteiger partial charge in [0.05, 0.1) is 11.6 Å². The number of rotatable bonds is 5. The standard InChI is InChI=1S/C17H16Cl2FN3OS/c1-2-24-13-5-4-11(19)15(16(13)20)10-7-12(10)22-17(25)23-14-6-3-9(18)8-21-14/h3-6,8,10,12H,2,7H2,1H3,(H2,21,22,23,25)/t10-,12+/m0/s1. The Hall–Kier alpha value is -1.63. The average molecular weight is 400 g/mol. The average Bonchev–Trinajstić information content (AvgIpc) is 3.31. The van der Waals surface area contributed by atoms with Gasteiger partial charge in [-0.05, 0) is 49.8 Å². The van der Waals surface area contributed by atoms with Crippen LogP contribution in [0, 0.1) is 5.82 Å². The number of thiocarbonyl (C=S) groups is 1. The van der Waals surface area contributed by atoms with Crippen molar-refractivity contribution in [3.63, 3.8) is 0 Å². The zero-order valence-corrected chi connectivity index (χ0v) is 15.7. The molecule has 0 aliphatic heterocycles. The van der Waals surface area contributed by atoms with Crippen LogP contribution in [-0.2, 0) is 0 Å². The zero-order valence-electron chi connectivity index (χ0n) is 13.4. The lowest BCUT2D eigenvalue weighted by molar-refractivity contribution is 0.320. The van der Waals surface area contributed by atoms with Gasteiger partial charge in [0.2, 0.25) is 0 Å². The first-order valence-electron chi connectivity index (χ1n) is 7.79. The van der Waals surface area contributed by atoms with Crippen LogP contribution in [0.4, 0.5) is 10.2 Å². The fourth-order valence-corrected chi connectivity index (χ4v) is 3.25. The first-order valence-corrected chi connectivity index (χ1v) is 8.95. The number of nitrogens with one attached hydrogen (secondary N) is 2. The lowest BCUT2D eigenvalue weighted by Crippen LogP contribution is -2.31. The molecule has 1 heterocycles. The van der Waals surface area contributed by atoms with E-state index in [-0.39, 0.29) is 17.7 Å². The fourth-order valence-electron chi connectivity index (χ4n) is 2.60. The van der Waals surface area contributed by atoms with Crippen molar-refractivity contribution in [1.29, 1.82) is 0 Å². The highest BCUT2D eigenvalue weighted by atomic mass is 35.5. The normalized spacial score (nSPS) is 18.6. The van der Waals surface area contributed by atoms with Crippen LogP contribution in [0.2, 0.25) is 10.0 Å². The maximum absolute atomic E-state index is 14.6. The van der Waals surface area contributed by atoms with Gasteiger partial charge in [0.25, 0.3) is 0 Å². The summed E-state index contributed by atoms with van der Waals surface area (Å²) in [6.07, 6.45) is 2.27. The van der Waals surface area contributed by atoms with Crippen molar-refractivity contribution in [2.75, 3.05) is 11.9 Å². The highest BCUT2D eigenvalue weighted by Crippen LogP contribution is 2.46. The molecule has 1 fully saturated rings. The Bertz CT molecular complexity index is 788. The molecule has 1 aliphatic carbocycles. The van der Waals surface area contributed by atoms with Crippen molar-refractivity contribution >= 4 is 46.4 Å². The minimum absolute atomic E-state index is 0.0103. The molecule has 1 aliphatic rings. The minimum Gasteiger partial charge on any atom is -0.491 e. The van der Waals surface area contributed by atoms with Gasteiger partial charge in [0, 0.05) is 28.7 Å². The van der Waals surface area contributed by atoms with Gasteiger partial charge < -0.3 is 15.4 Å². The van der Waals surface area contributed by atoms with Crippen LogP contribution in [0.5, 0.6) is 5.75 Å². The summed E-state index contributed by atoms with van der Waals surface area (Å²) >= 11 is 17.3. The molecule has 2 aromatic rings. The molecule has 25 heavy (non-hydrogen) atoms. The molecule has 2 N–H and O–H groups in total. The van der Waals surface area contributed by atoms with E-state index >= 15 is 0 Å². The van der Waals surface area contributed by atoms with Crippen molar-refractivity contribution in [2.45, 2.75) is 25.3 Å². The van der Waals surface area contributed by atoms with Gasteiger partial charge in [-0.2, -0.15) is 0 Å².